The standard InChI is InChI=1S/C13H18BrN3O2/c1-16-4-6-17(7-5-16)15-9-11-3-2-10(13(18)19)8-12(11)14/h2-3,8,15H,4-7,9H2,1H3,(H,18,19). The molecule has 5 nitrogen and oxygen atoms in total. The van der Waals surface area contributed by atoms with E-state index in [1.54, 1.807) is 12.1 Å². The van der Waals surface area contributed by atoms with Crippen LogP contribution in [0.2, 0.25) is 0 Å². The number of hydrogen-bond acceptors (Lipinski definition) is 4. The van der Waals surface area contributed by atoms with Crippen LogP contribution in [-0.2, 0) is 6.54 Å². The van der Waals surface area contributed by atoms with Crippen molar-refractivity contribution in [2.45, 2.75) is 6.54 Å². The lowest BCUT2D eigenvalue weighted by Gasteiger charge is -2.32. The van der Waals surface area contributed by atoms with Crippen molar-refractivity contribution in [1.29, 1.82) is 0 Å². The van der Waals surface area contributed by atoms with Gasteiger partial charge in [0.25, 0.3) is 0 Å². The summed E-state index contributed by atoms with van der Waals surface area (Å²) in [4.78, 5) is 13.2. The Labute approximate surface area is 121 Å². The Balaban J connectivity index is 1.91. The zero-order valence-electron chi connectivity index (χ0n) is 10.9. The van der Waals surface area contributed by atoms with E-state index >= 15 is 0 Å². The number of hydrazine groups is 1. The molecule has 1 aliphatic rings. The van der Waals surface area contributed by atoms with E-state index in [4.69, 9.17) is 5.11 Å². The third-order valence-corrected chi connectivity index (χ3v) is 4.03. The van der Waals surface area contributed by atoms with Gasteiger partial charge >= 0.3 is 5.97 Å². The Hall–Kier alpha value is -0.950. The van der Waals surface area contributed by atoms with E-state index in [0.29, 0.717) is 12.1 Å². The first-order valence-corrected chi connectivity index (χ1v) is 7.04. The maximum absolute atomic E-state index is 10.9. The number of likely N-dealkylation sites (N-methyl/N-ethyl adjacent to an activating group) is 1. The van der Waals surface area contributed by atoms with Gasteiger partial charge in [-0.15, -0.1) is 0 Å². The van der Waals surface area contributed by atoms with E-state index in [9.17, 15) is 4.79 Å². The van der Waals surface area contributed by atoms with Gasteiger partial charge in [-0.1, -0.05) is 22.0 Å². The summed E-state index contributed by atoms with van der Waals surface area (Å²) in [5.41, 5.74) is 4.74. The monoisotopic (exact) mass is 327 g/mol. The minimum absolute atomic E-state index is 0.301. The van der Waals surface area contributed by atoms with Crippen LogP contribution in [0.1, 0.15) is 15.9 Å². The average molecular weight is 328 g/mol. The molecule has 2 N–H and O–H groups in total. The van der Waals surface area contributed by atoms with Gasteiger partial charge in [0.05, 0.1) is 5.56 Å². The molecule has 0 saturated carbocycles. The Morgan fingerprint density at radius 3 is 2.63 bits per heavy atom. The number of nitrogens with one attached hydrogen (secondary N) is 1. The van der Waals surface area contributed by atoms with Crippen molar-refractivity contribution in [1.82, 2.24) is 15.3 Å². The molecule has 0 atom stereocenters. The van der Waals surface area contributed by atoms with Crippen LogP contribution in [0.4, 0.5) is 0 Å². The highest BCUT2D eigenvalue weighted by Gasteiger charge is 2.13. The smallest absolute Gasteiger partial charge is 0.335 e. The molecule has 1 aromatic carbocycles. The summed E-state index contributed by atoms with van der Waals surface area (Å²) in [6, 6.07) is 5.12. The Morgan fingerprint density at radius 2 is 2.05 bits per heavy atom. The topological polar surface area (TPSA) is 55.8 Å². The third-order valence-electron chi connectivity index (χ3n) is 3.30. The van der Waals surface area contributed by atoms with Gasteiger partial charge in [0.2, 0.25) is 0 Å². The predicted molar refractivity (Wildman–Crippen MR) is 77.0 cm³/mol. The number of hydrogen-bond donors (Lipinski definition) is 2. The summed E-state index contributed by atoms with van der Waals surface area (Å²) in [7, 11) is 2.12. The fraction of sp³-hybridized carbons (Fsp3) is 0.462. The fourth-order valence-corrected chi connectivity index (χ4v) is 2.50. The van der Waals surface area contributed by atoms with Gasteiger partial charge in [0.15, 0.2) is 0 Å². The zero-order valence-corrected chi connectivity index (χ0v) is 12.5. The first-order chi connectivity index (χ1) is 9.06. The number of rotatable bonds is 4. The fourth-order valence-electron chi connectivity index (χ4n) is 1.99. The molecule has 0 amide bonds. The highest BCUT2D eigenvalue weighted by atomic mass is 79.9. The van der Waals surface area contributed by atoms with Crippen LogP contribution in [0.3, 0.4) is 0 Å². The van der Waals surface area contributed by atoms with Crippen molar-refractivity contribution >= 4 is 21.9 Å². The van der Waals surface area contributed by atoms with Crippen LogP contribution < -0.4 is 5.43 Å². The molecule has 19 heavy (non-hydrogen) atoms. The number of carboxylic acids is 1. The summed E-state index contributed by atoms with van der Waals surface area (Å²) in [5, 5.41) is 11.1. The van der Waals surface area contributed by atoms with Gasteiger partial charge < -0.3 is 10.0 Å². The van der Waals surface area contributed by atoms with Gasteiger partial charge in [-0.3, -0.25) is 5.43 Å². The van der Waals surface area contributed by atoms with Crippen LogP contribution in [0, 0.1) is 0 Å². The normalized spacial score (nSPS) is 17.6. The lowest BCUT2D eigenvalue weighted by Crippen LogP contribution is -2.50. The average Bonchev–Trinajstić information content (AvgIpc) is 2.39. The molecular formula is C13H18BrN3O2. The molecule has 1 saturated heterocycles. The maximum Gasteiger partial charge on any atom is 0.335 e. The molecule has 0 aromatic heterocycles. The molecule has 2 rings (SSSR count). The molecule has 1 heterocycles. The zero-order chi connectivity index (χ0) is 13.8. The van der Waals surface area contributed by atoms with E-state index < -0.39 is 5.97 Å². The molecule has 1 fully saturated rings. The second-order valence-corrected chi connectivity index (χ2v) is 5.59. The summed E-state index contributed by atoms with van der Waals surface area (Å²) in [6.45, 7) is 4.82. The number of piperazine rings is 1. The summed E-state index contributed by atoms with van der Waals surface area (Å²) in [6.07, 6.45) is 0. The molecule has 1 aliphatic heterocycles. The molecule has 104 valence electrons. The molecule has 0 radical (unpaired) electrons. The largest absolute Gasteiger partial charge is 0.478 e. The highest BCUT2D eigenvalue weighted by molar-refractivity contribution is 9.10. The van der Waals surface area contributed by atoms with E-state index in [0.717, 1.165) is 36.2 Å². The van der Waals surface area contributed by atoms with Crippen molar-refractivity contribution in [2.75, 3.05) is 33.2 Å². The van der Waals surface area contributed by atoms with Gasteiger partial charge in [-0.05, 0) is 24.7 Å². The molecule has 0 unspecified atom stereocenters. The second-order valence-electron chi connectivity index (χ2n) is 4.74. The predicted octanol–water partition coefficient (Wildman–Crippen LogP) is 1.40. The van der Waals surface area contributed by atoms with Crippen LogP contribution in [-0.4, -0.2) is 54.2 Å². The second kappa shape index (κ2) is 6.47. The number of carboxylic acid groups (broad SMARTS) is 1. The van der Waals surface area contributed by atoms with Gasteiger partial charge in [0.1, 0.15) is 0 Å². The number of nitrogens with zero attached hydrogens (tertiary/aromatic N) is 2. The van der Waals surface area contributed by atoms with E-state index in [-0.39, 0.29) is 0 Å². The van der Waals surface area contributed by atoms with Crippen LogP contribution in [0.15, 0.2) is 22.7 Å². The quantitative estimate of drug-likeness (QED) is 0.875. The van der Waals surface area contributed by atoms with Crippen LogP contribution in [0.25, 0.3) is 0 Å². The van der Waals surface area contributed by atoms with Crippen LogP contribution in [0.5, 0.6) is 0 Å². The molecule has 6 heteroatoms. The van der Waals surface area contributed by atoms with Crippen molar-refractivity contribution < 1.29 is 9.90 Å². The Kier molecular flexibility index (Phi) is 4.93. The molecule has 1 aromatic rings. The van der Waals surface area contributed by atoms with E-state index in [1.807, 2.05) is 6.07 Å². The Bertz CT molecular complexity index is 459. The SMILES string of the molecule is CN1CCN(NCc2ccc(C(=O)O)cc2Br)CC1. The summed E-state index contributed by atoms with van der Waals surface area (Å²) >= 11 is 3.42. The minimum atomic E-state index is -0.903. The van der Waals surface area contributed by atoms with Crippen molar-refractivity contribution in [3.8, 4) is 0 Å². The number of carbonyl (C=O) groups is 1. The molecule has 0 bridgehead atoms. The number of aromatic carboxylic acids is 1. The van der Waals surface area contributed by atoms with E-state index in [1.165, 1.54) is 0 Å². The number of halogens is 1. The van der Waals surface area contributed by atoms with Crippen molar-refractivity contribution in [2.24, 2.45) is 0 Å². The van der Waals surface area contributed by atoms with Crippen LogP contribution >= 0.6 is 15.9 Å². The van der Waals surface area contributed by atoms with Gasteiger partial charge in [0, 0.05) is 37.2 Å². The lowest BCUT2D eigenvalue weighted by atomic mass is 10.1. The first-order valence-electron chi connectivity index (χ1n) is 6.25. The minimum Gasteiger partial charge on any atom is -0.478 e. The van der Waals surface area contributed by atoms with Gasteiger partial charge in [-0.25, -0.2) is 9.80 Å². The Morgan fingerprint density at radius 1 is 1.37 bits per heavy atom. The highest BCUT2D eigenvalue weighted by Crippen LogP contribution is 2.18. The number of benzene rings is 1. The third kappa shape index (κ3) is 4.01. The van der Waals surface area contributed by atoms with Crippen molar-refractivity contribution in [3.05, 3.63) is 33.8 Å². The maximum atomic E-state index is 10.9. The molecular weight excluding hydrogens is 310 g/mol. The summed E-state index contributed by atoms with van der Waals surface area (Å²) < 4.78 is 0.828. The van der Waals surface area contributed by atoms with E-state index in [2.05, 4.69) is 38.3 Å². The molecule has 0 aliphatic carbocycles. The first kappa shape index (κ1) is 14.5. The van der Waals surface area contributed by atoms with Gasteiger partial charge in [-0.2, -0.15) is 0 Å². The summed E-state index contributed by atoms with van der Waals surface area (Å²) in [5.74, 6) is -0.903. The molecule has 0 spiro atoms. The lowest BCUT2D eigenvalue weighted by molar-refractivity contribution is 0.0696. The van der Waals surface area contributed by atoms with Crippen molar-refractivity contribution in [3.63, 3.8) is 0 Å².